The summed E-state index contributed by atoms with van der Waals surface area (Å²) in [6, 6.07) is 17.7. The molecule has 0 N–H and O–H groups in total. The number of hydrogen-bond acceptors (Lipinski definition) is 4. The second-order valence-corrected chi connectivity index (χ2v) is 7.99. The van der Waals surface area contributed by atoms with E-state index < -0.39 is 9.84 Å². The molecule has 0 unspecified atom stereocenters. The van der Waals surface area contributed by atoms with Gasteiger partial charge in [-0.05, 0) is 36.4 Å². The minimum absolute atomic E-state index is 0.141. The molecule has 3 rings (SSSR count). The summed E-state index contributed by atoms with van der Waals surface area (Å²) in [5.41, 5.74) is 2.35. The van der Waals surface area contributed by atoms with Gasteiger partial charge in [-0.1, -0.05) is 25.1 Å². The average molecular weight is 330 g/mol. The highest BCUT2D eigenvalue weighted by molar-refractivity contribution is 7.91. The van der Waals surface area contributed by atoms with Gasteiger partial charge in [0.1, 0.15) is 0 Å². The Morgan fingerprint density at radius 2 is 1.26 bits per heavy atom. The van der Waals surface area contributed by atoms with Crippen LogP contribution in [0.3, 0.4) is 0 Å². The van der Waals surface area contributed by atoms with E-state index in [0.717, 1.165) is 31.9 Å². The maximum absolute atomic E-state index is 11.9. The second kappa shape index (κ2) is 6.62. The van der Waals surface area contributed by atoms with Crippen LogP contribution in [0.4, 0.5) is 11.4 Å². The van der Waals surface area contributed by atoms with Crippen LogP contribution < -0.4 is 9.80 Å². The SMILES string of the molecule is CCS(=O)(=O)c1ccc(N2CCN(c3ccccc3)CC2)cc1. The van der Waals surface area contributed by atoms with Crippen molar-refractivity contribution in [3.8, 4) is 0 Å². The van der Waals surface area contributed by atoms with Gasteiger partial charge in [-0.2, -0.15) is 0 Å². The second-order valence-electron chi connectivity index (χ2n) is 5.71. The topological polar surface area (TPSA) is 40.6 Å². The summed E-state index contributed by atoms with van der Waals surface area (Å²) < 4.78 is 23.7. The lowest BCUT2D eigenvalue weighted by molar-refractivity contribution is 0.597. The largest absolute Gasteiger partial charge is 0.368 e. The van der Waals surface area contributed by atoms with Crippen molar-refractivity contribution in [2.24, 2.45) is 0 Å². The number of piperazine rings is 1. The van der Waals surface area contributed by atoms with E-state index in [2.05, 4.69) is 34.1 Å². The summed E-state index contributed by atoms with van der Waals surface area (Å²) in [6.07, 6.45) is 0. The molecule has 0 bridgehead atoms. The molecule has 1 heterocycles. The molecule has 5 heteroatoms. The maximum atomic E-state index is 11.9. The zero-order chi connectivity index (χ0) is 16.3. The molecule has 2 aromatic carbocycles. The van der Waals surface area contributed by atoms with Gasteiger partial charge < -0.3 is 9.80 Å². The minimum atomic E-state index is -3.12. The fourth-order valence-corrected chi connectivity index (χ4v) is 3.78. The van der Waals surface area contributed by atoms with Gasteiger partial charge in [0.05, 0.1) is 10.6 Å². The molecule has 1 saturated heterocycles. The van der Waals surface area contributed by atoms with E-state index in [0.29, 0.717) is 4.90 Å². The molecule has 0 spiro atoms. The van der Waals surface area contributed by atoms with Crippen molar-refractivity contribution in [1.82, 2.24) is 0 Å². The molecule has 0 atom stereocenters. The van der Waals surface area contributed by atoms with Crippen LogP contribution in [0, 0.1) is 0 Å². The van der Waals surface area contributed by atoms with Gasteiger partial charge >= 0.3 is 0 Å². The molecule has 4 nitrogen and oxygen atoms in total. The predicted molar refractivity (Wildman–Crippen MR) is 95.0 cm³/mol. The number of para-hydroxylation sites is 1. The highest BCUT2D eigenvalue weighted by Crippen LogP contribution is 2.22. The number of rotatable bonds is 4. The first-order valence-electron chi connectivity index (χ1n) is 7.98. The Morgan fingerprint density at radius 1 is 0.783 bits per heavy atom. The highest BCUT2D eigenvalue weighted by atomic mass is 32.2. The zero-order valence-electron chi connectivity index (χ0n) is 13.4. The Hall–Kier alpha value is -2.01. The lowest BCUT2D eigenvalue weighted by Crippen LogP contribution is -2.46. The molecule has 2 aromatic rings. The van der Waals surface area contributed by atoms with E-state index in [9.17, 15) is 8.42 Å². The van der Waals surface area contributed by atoms with E-state index in [1.807, 2.05) is 18.2 Å². The number of sulfone groups is 1. The van der Waals surface area contributed by atoms with E-state index in [4.69, 9.17) is 0 Å². The molecule has 1 fully saturated rings. The fraction of sp³-hybridized carbons (Fsp3) is 0.333. The normalized spacial score (nSPS) is 15.7. The monoisotopic (exact) mass is 330 g/mol. The van der Waals surface area contributed by atoms with Crippen LogP contribution in [-0.4, -0.2) is 40.3 Å². The Balaban J connectivity index is 1.66. The van der Waals surface area contributed by atoms with Crippen molar-refractivity contribution in [3.05, 3.63) is 54.6 Å². The molecule has 0 saturated carbocycles. The molecule has 23 heavy (non-hydrogen) atoms. The maximum Gasteiger partial charge on any atom is 0.178 e. The molecule has 0 aliphatic carbocycles. The van der Waals surface area contributed by atoms with Gasteiger partial charge in [-0.3, -0.25) is 0 Å². The summed E-state index contributed by atoms with van der Waals surface area (Å²) in [7, 11) is -3.12. The molecule has 0 amide bonds. The summed E-state index contributed by atoms with van der Waals surface area (Å²) in [5.74, 6) is 0.141. The van der Waals surface area contributed by atoms with Gasteiger partial charge in [0.2, 0.25) is 0 Å². The van der Waals surface area contributed by atoms with Crippen LogP contribution in [-0.2, 0) is 9.84 Å². The number of hydrogen-bond donors (Lipinski definition) is 0. The standard InChI is InChI=1S/C18H22N2O2S/c1-2-23(21,22)18-10-8-17(9-11-18)20-14-12-19(13-15-20)16-6-4-3-5-7-16/h3-11H,2,12-15H2,1H3. The van der Waals surface area contributed by atoms with Gasteiger partial charge in [0, 0.05) is 37.6 Å². The lowest BCUT2D eigenvalue weighted by Gasteiger charge is -2.37. The minimum Gasteiger partial charge on any atom is -0.368 e. The number of benzene rings is 2. The third-order valence-electron chi connectivity index (χ3n) is 4.34. The molecule has 1 aliphatic heterocycles. The molecular formula is C18H22N2O2S. The molecule has 0 radical (unpaired) electrons. The van der Waals surface area contributed by atoms with Crippen LogP contribution in [0.5, 0.6) is 0 Å². The molecular weight excluding hydrogens is 308 g/mol. The third kappa shape index (κ3) is 3.50. The van der Waals surface area contributed by atoms with Crippen molar-refractivity contribution in [2.75, 3.05) is 41.7 Å². The highest BCUT2D eigenvalue weighted by Gasteiger charge is 2.18. The zero-order valence-corrected chi connectivity index (χ0v) is 14.2. The van der Waals surface area contributed by atoms with Crippen LogP contribution >= 0.6 is 0 Å². The fourth-order valence-electron chi connectivity index (χ4n) is 2.89. The van der Waals surface area contributed by atoms with Gasteiger partial charge in [-0.25, -0.2) is 8.42 Å². The van der Waals surface area contributed by atoms with Crippen LogP contribution in [0.2, 0.25) is 0 Å². The third-order valence-corrected chi connectivity index (χ3v) is 6.09. The van der Waals surface area contributed by atoms with Crippen molar-refractivity contribution in [1.29, 1.82) is 0 Å². The first-order valence-corrected chi connectivity index (χ1v) is 9.63. The van der Waals surface area contributed by atoms with E-state index >= 15 is 0 Å². The summed E-state index contributed by atoms with van der Waals surface area (Å²) in [5, 5.41) is 0. The number of nitrogens with zero attached hydrogens (tertiary/aromatic N) is 2. The quantitative estimate of drug-likeness (QED) is 0.864. The Labute approximate surface area is 138 Å². The van der Waals surface area contributed by atoms with Crippen molar-refractivity contribution in [2.45, 2.75) is 11.8 Å². The van der Waals surface area contributed by atoms with E-state index in [-0.39, 0.29) is 5.75 Å². The smallest absolute Gasteiger partial charge is 0.178 e. The predicted octanol–water partition coefficient (Wildman–Crippen LogP) is 2.81. The molecule has 0 aromatic heterocycles. The molecule has 1 aliphatic rings. The van der Waals surface area contributed by atoms with Crippen LogP contribution in [0.15, 0.2) is 59.5 Å². The number of anilines is 2. The van der Waals surface area contributed by atoms with E-state index in [1.165, 1.54) is 5.69 Å². The van der Waals surface area contributed by atoms with Crippen molar-refractivity contribution < 1.29 is 8.42 Å². The first kappa shape index (κ1) is 15.9. The van der Waals surface area contributed by atoms with Crippen molar-refractivity contribution >= 4 is 21.2 Å². The average Bonchev–Trinajstić information content (AvgIpc) is 2.63. The summed E-state index contributed by atoms with van der Waals surface area (Å²) in [6.45, 7) is 5.49. The van der Waals surface area contributed by atoms with Gasteiger partial charge in [0.15, 0.2) is 9.84 Å². The Kier molecular flexibility index (Phi) is 4.57. The van der Waals surface area contributed by atoms with Crippen LogP contribution in [0.25, 0.3) is 0 Å². The van der Waals surface area contributed by atoms with Crippen molar-refractivity contribution in [3.63, 3.8) is 0 Å². The van der Waals surface area contributed by atoms with Gasteiger partial charge in [0.25, 0.3) is 0 Å². The Bertz CT molecular complexity index is 734. The van der Waals surface area contributed by atoms with E-state index in [1.54, 1.807) is 19.1 Å². The summed E-state index contributed by atoms with van der Waals surface area (Å²) in [4.78, 5) is 5.10. The van der Waals surface area contributed by atoms with Crippen LogP contribution in [0.1, 0.15) is 6.92 Å². The Morgan fingerprint density at radius 3 is 1.74 bits per heavy atom. The molecule has 122 valence electrons. The summed E-state index contributed by atoms with van der Waals surface area (Å²) >= 11 is 0. The van der Waals surface area contributed by atoms with Gasteiger partial charge in [-0.15, -0.1) is 0 Å². The lowest BCUT2D eigenvalue weighted by atomic mass is 10.2. The first-order chi connectivity index (χ1) is 11.1.